The van der Waals surface area contributed by atoms with E-state index in [-0.39, 0.29) is 12.0 Å². The lowest BCUT2D eigenvalue weighted by molar-refractivity contribution is 0.0590. The molecule has 1 aliphatic rings. The molecule has 1 aromatic heterocycles. The summed E-state index contributed by atoms with van der Waals surface area (Å²) in [7, 11) is 0. The number of hydrogen-bond donors (Lipinski definition) is 0. The number of ether oxygens (including phenoxy) is 1. The predicted octanol–water partition coefficient (Wildman–Crippen LogP) is 3.66. The zero-order valence-electron chi connectivity index (χ0n) is 15.4. The molecular formula is C21H21ClN4O2. The average molecular weight is 397 g/mol. The van der Waals surface area contributed by atoms with E-state index in [4.69, 9.17) is 16.3 Å². The van der Waals surface area contributed by atoms with Gasteiger partial charge in [0.1, 0.15) is 11.9 Å². The van der Waals surface area contributed by atoms with Crippen LogP contribution in [-0.4, -0.2) is 45.0 Å². The van der Waals surface area contributed by atoms with Crippen LogP contribution < -0.4 is 4.74 Å². The highest BCUT2D eigenvalue weighted by molar-refractivity contribution is 6.30. The number of carbonyl (C=O) groups excluding carboxylic acids is 1. The van der Waals surface area contributed by atoms with Crippen molar-refractivity contribution < 1.29 is 9.53 Å². The molecule has 2 aromatic carbocycles. The number of amides is 1. The highest BCUT2D eigenvalue weighted by Crippen LogP contribution is 2.21. The first-order chi connectivity index (χ1) is 13.7. The molecular weight excluding hydrogens is 376 g/mol. The van der Waals surface area contributed by atoms with E-state index >= 15 is 0 Å². The van der Waals surface area contributed by atoms with Crippen molar-refractivity contribution in [2.75, 3.05) is 13.1 Å². The number of hydrogen-bond acceptors (Lipinski definition) is 4. The summed E-state index contributed by atoms with van der Waals surface area (Å²) in [5.41, 5.74) is 1.50. The van der Waals surface area contributed by atoms with Gasteiger partial charge in [-0.15, -0.1) is 5.10 Å². The Bertz CT molecular complexity index is 919. The van der Waals surface area contributed by atoms with Gasteiger partial charge in [-0.3, -0.25) is 4.79 Å². The SMILES string of the molecule is O=C(c1cn(Cc2ccccc2)nn1)N1CCC(Oc2ccc(Cl)cc2)CC1. The quantitative estimate of drug-likeness (QED) is 0.660. The van der Waals surface area contributed by atoms with E-state index in [2.05, 4.69) is 10.3 Å². The summed E-state index contributed by atoms with van der Waals surface area (Å²) in [5.74, 6) is 0.724. The van der Waals surface area contributed by atoms with Crippen LogP contribution in [0, 0.1) is 0 Å². The van der Waals surface area contributed by atoms with E-state index in [1.165, 1.54) is 0 Å². The number of nitrogens with zero attached hydrogens (tertiary/aromatic N) is 4. The van der Waals surface area contributed by atoms with Crippen molar-refractivity contribution in [3.63, 3.8) is 0 Å². The molecule has 4 rings (SSSR count). The number of piperidine rings is 1. The highest BCUT2D eigenvalue weighted by Gasteiger charge is 2.26. The van der Waals surface area contributed by atoms with Gasteiger partial charge in [0.05, 0.1) is 12.7 Å². The smallest absolute Gasteiger partial charge is 0.276 e. The van der Waals surface area contributed by atoms with Crippen LogP contribution >= 0.6 is 11.6 Å². The fourth-order valence-electron chi connectivity index (χ4n) is 3.29. The molecule has 0 radical (unpaired) electrons. The minimum Gasteiger partial charge on any atom is -0.490 e. The zero-order chi connectivity index (χ0) is 19.3. The van der Waals surface area contributed by atoms with Crippen LogP contribution in [0.5, 0.6) is 5.75 Å². The second-order valence-corrected chi connectivity index (χ2v) is 7.29. The molecule has 1 saturated heterocycles. The molecule has 28 heavy (non-hydrogen) atoms. The maximum absolute atomic E-state index is 12.7. The van der Waals surface area contributed by atoms with E-state index in [0.717, 1.165) is 24.2 Å². The van der Waals surface area contributed by atoms with E-state index in [1.807, 2.05) is 59.5 Å². The number of carbonyl (C=O) groups is 1. The number of likely N-dealkylation sites (tertiary alicyclic amines) is 1. The van der Waals surface area contributed by atoms with Crippen molar-refractivity contribution in [1.29, 1.82) is 0 Å². The molecule has 0 saturated carbocycles. The lowest BCUT2D eigenvalue weighted by atomic mass is 10.1. The number of aromatic nitrogens is 3. The van der Waals surface area contributed by atoms with Crippen molar-refractivity contribution in [3.05, 3.63) is 77.1 Å². The first-order valence-corrected chi connectivity index (χ1v) is 9.71. The molecule has 0 atom stereocenters. The summed E-state index contributed by atoms with van der Waals surface area (Å²) in [5, 5.41) is 8.84. The van der Waals surface area contributed by atoms with E-state index in [1.54, 1.807) is 10.9 Å². The van der Waals surface area contributed by atoms with Gasteiger partial charge in [-0.1, -0.05) is 47.1 Å². The normalized spacial score (nSPS) is 14.8. The monoisotopic (exact) mass is 396 g/mol. The third kappa shape index (κ3) is 4.51. The van der Waals surface area contributed by atoms with Gasteiger partial charge in [-0.05, 0) is 29.8 Å². The largest absolute Gasteiger partial charge is 0.490 e. The summed E-state index contributed by atoms with van der Waals surface area (Å²) < 4.78 is 7.68. The highest BCUT2D eigenvalue weighted by atomic mass is 35.5. The van der Waals surface area contributed by atoms with Gasteiger partial charge in [0, 0.05) is 31.0 Å². The van der Waals surface area contributed by atoms with Crippen LogP contribution in [0.2, 0.25) is 5.02 Å². The second-order valence-electron chi connectivity index (χ2n) is 6.85. The first-order valence-electron chi connectivity index (χ1n) is 9.33. The molecule has 3 aromatic rings. The van der Waals surface area contributed by atoms with Crippen LogP contribution in [0.15, 0.2) is 60.8 Å². The Balaban J connectivity index is 1.31. The Labute approximate surface area is 168 Å². The molecule has 0 spiro atoms. The van der Waals surface area contributed by atoms with Crippen LogP contribution in [-0.2, 0) is 6.54 Å². The fraction of sp³-hybridized carbons (Fsp3) is 0.286. The van der Waals surface area contributed by atoms with Crippen LogP contribution in [0.3, 0.4) is 0 Å². The molecule has 7 heteroatoms. The van der Waals surface area contributed by atoms with E-state index in [9.17, 15) is 4.79 Å². The molecule has 1 aliphatic heterocycles. The van der Waals surface area contributed by atoms with Gasteiger partial charge in [0.15, 0.2) is 5.69 Å². The third-order valence-electron chi connectivity index (χ3n) is 4.79. The minimum atomic E-state index is -0.0794. The number of rotatable bonds is 5. The van der Waals surface area contributed by atoms with Crippen molar-refractivity contribution in [2.45, 2.75) is 25.5 Å². The Kier molecular flexibility index (Phi) is 5.58. The number of benzene rings is 2. The topological polar surface area (TPSA) is 60.2 Å². The molecule has 6 nitrogen and oxygen atoms in total. The summed E-state index contributed by atoms with van der Waals surface area (Å²) in [6.07, 6.45) is 3.38. The van der Waals surface area contributed by atoms with Crippen LogP contribution in [0.1, 0.15) is 28.9 Å². The van der Waals surface area contributed by atoms with Gasteiger partial charge < -0.3 is 9.64 Å². The van der Waals surface area contributed by atoms with E-state index < -0.39 is 0 Å². The Hall–Kier alpha value is -2.86. The molecule has 1 fully saturated rings. The molecule has 144 valence electrons. The summed E-state index contributed by atoms with van der Waals surface area (Å²) in [4.78, 5) is 14.5. The fourth-order valence-corrected chi connectivity index (χ4v) is 3.41. The van der Waals surface area contributed by atoms with Crippen molar-refractivity contribution >= 4 is 17.5 Å². The second kappa shape index (κ2) is 8.44. The lowest BCUT2D eigenvalue weighted by Crippen LogP contribution is -2.41. The Morgan fingerprint density at radius 1 is 1.07 bits per heavy atom. The molecule has 0 N–H and O–H groups in total. The summed E-state index contributed by atoms with van der Waals surface area (Å²) >= 11 is 5.90. The standard InChI is InChI=1S/C21H21ClN4O2/c22-17-6-8-18(9-7-17)28-19-10-12-25(13-11-19)21(27)20-15-26(24-23-20)14-16-4-2-1-3-5-16/h1-9,15,19H,10-14H2. The van der Waals surface area contributed by atoms with Crippen molar-refractivity contribution in [3.8, 4) is 5.75 Å². The minimum absolute atomic E-state index is 0.0794. The number of halogens is 1. The van der Waals surface area contributed by atoms with Gasteiger partial charge in [-0.2, -0.15) is 0 Å². The van der Waals surface area contributed by atoms with Crippen LogP contribution in [0.4, 0.5) is 0 Å². The molecule has 2 heterocycles. The average Bonchev–Trinajstić information content (AvgIpc) is 3.19. The summed E-state index contributed by atoms with van der Waals surface area (Å²) in [6.45, 7) is 1.88. The Morgan fingerprint density at radius 2 is 1.79 bits per heavy atom. The van der Waals surface area contributed by atoms with Gasteiger partial charge >= 0.3 is 0 Å². The molecule has 0 unspecified atom stereocenters. The Morgan fingerprint density at radius 3 is 2.50 bits per heavy atom. The summed E-state index contributed by atoms with van der Waals surface area (Å²) in [6, 6.07) is 17.3. The maximum Gasteiger partial charge on any atom is 0.276 e. The molecule has 0 bridgehead atoms. The van der Waals surface area contributed by atoms with Crippen LogP contribution in [0.25, 0.3) is 0 Å². The molecule has 0 aliphatic carbocycles. The van der Waals surface area contributed by atoms with Gasteiger partial charge in [0.25, 0.3) is 5.91 Å². The zero-order valence-corrected chi connectivity index (χ0v) is 16.1. The molecule has 1 amide bonds. The third-order valence-corrected chi connectivity index (χ3v) is 5.04. The van der Waals surface area contributed by atoms with Crippen molar-refractivity contribution in [2.24, 2.45) is 0 Å². The van der Waals surface area contributed by atoms with E-state index in [0.29, 0.717) is 30.4 Å². The van der Waals surface area contributed by atoms with Crippen molar-refractivity contribution in [1.82, 2.24) is 19.9 Å². The predicted molar refractivity (Wildman–Crippen MR) is 107 cm³/mol. The van der Waals surface area contributed by atoms with Gasteiger partial charge in [0.2, 0.25) is 0 Å². The first kappa shape index (κ1) is 18.5. The lowest BCUT2D eigenvalue weighted by Gasteiger charge is -2.31. The maximum atomic E-state index is 12.7. The van der Waals surface area contributed by atoms with Gasteiger partial charge in [-0.25, -0.2) is 4.68 Å².